The third-order valence-electron chi connectivity index (χ3n) is 3.13. The van der Waals surface area contributed by atoms with Gasteiger partial charge in [0, 0.05) is 6.54 Å². The van der Waals surface area contributed by atoms with Gasteiger partial charge in [0.2, 0.25) is 5.91 Å². The van der Waals surface area contributed by atoms with Gasteiger partial charge in [-0.2, -0.15) is 0 Å². The molecule has 1 aliphatic rings. The molecule has 1 saturated heterocycles. The van der Waals surface area contributed by atoms with Crippen molar-refractivity contribution in [2.45, 2.75) is 19.8 Å². The molecule has 1 aromatic carbocycles. The van der Waals surface area contributed by atoms with Crippen LogP contribution in [0, 0.1) is 0 Å². The summed E-state index contributed by atoms with van der Waals surface area (Å²) in [4.78, 5) is 37.2. The standard InChI is InChI=1S/C16H18N2O3S/c1-2-3-9-17-14(19)11-18-15(20)13(22-16(18)21)10-12-7-5-4-6-8-12/h4-8,10H,2-3,9,11H2,1H3,(H,17,19)/b13-10-. The topological polar surface area (TPSA) is 66.5 Å². The number of benzene rings is 1. The van der Waals surface area contributed by atoms with Gasteiger partial charge in [-0.15, -0.1) is 0 Å². The van der Waals surface area contributed by atoms with Gasteiger partial charge in [0.1, 0.15) is 6.54 Å². The number of carbonyl (C=O) groups excluding carboxylic acids is 3. The van der Waals surface area contributed by atoms with E-state index in [1.165, 1.54) is 0 Å². The first-order valence-electron chi connectivity index (χ1n) is 7.19. The number of amides is 3. The van der Waals surface area contributed by atoms with Crippen LogP contribution in [-0.4, -0.2) is 35.0 Å². The fourth-order valence-corrected chi connectivity index (χ4v) is 2.78. The first-order chi connectivity index (χ1) is 10.6. The second-order valence-electron chi connectivity index (χ2n) is 4.88. The summed E-state index contributed by atoms with van der Waals surface area (Å²) in [5, 5.41) is 2.30. The summed E-state index contributed by atoms with van der Waals surface area (Å²) >= 11 is 0.866. The van der Waals surface area contributed by atoms with Gasteiger partial charge < -0.3 is 5.32 Å². The predicted molar refractivity (Wildman–Crippen MR) is 87.0 cm³/mol. The minimum Gasteiger partial charge on any atom is -0.355 e. The van der Waals surface area contributed by atoms with Crippen LogP contribution in [-0.2, 0) is 9.59 Å². The van der Waals surface area contributed by atoms with Crippen molar-refractivity contribution in [2.75, 3.05) is 13.1 Å². The average Bonchev–Trinajstić information content (AvgIpc) is 2.76. The van der Waals surface area contributed by atoms with Gasteiger partial charge >= 0.3 is 0 Å². The lowest BCUT2D eigenvalue weighted by atomic mass is 10.2. The Morgan fingerprint density at radius 1 is 1.27 bits per heavy atom. The van der Waals surface area contributed by atoms with Crippen molar-refractivity contribution in [1.29, 1.82) is 0 Å². The van der Waals surface area contributed by atoms with E-state index in [9.17, 15) is 14.4 Å². The Hall–Kier alpha value is -2.08. The van der Waals surface area contributed by atoms with Crippen molar-refractivity contribution < 1.29 is 14.4 Å². The maximum Gasteiger partial charge on any atom is 0.294 e. The third kappa shape index (κ3) is 4.21. The van der Waals surface area contributed by atoms with Crippen LogP contribution in [0.4, 0.5) is 4.79 Å². The highest BCUT2D eigenvalue weighted by atomic mass is 32.2. The Bertz CT molecular complexity index is 599. The number of thioether (sulfide) groups is 1. The number of hydrogen-bond acceptors (Lipinski definition) is 4. The SMILES string of the molecule is CCCCNC(=O)CN1C(=O)S/C(=C\c2ccccc2)C1=O. The Balaban J connectivity index is 2.00. The zero-order chi connectivity index (χ0) is 15.9. The van der Waals surface area contributed by atoms with Crippen LogP contribution in [0.15, 0.2) is 35.2 Å². The first kappa shape index (κ1) is 16.3. The molecule has 0 aromatic heterocycles. The van der Waals surface area contributed by atoms with Crippen molar-refractivity contribution in [1.82, 2.24) is 10.2 Å². The van der Waals surface area contributed by atoms with E-state index in [1.54, 1.807) is 6.08 Å². The molecule has 116 valence electrons. The summed E-state index contributed by atoms with van der Waals surface area (Å²) in [6, 6.07) is 9.30. The van der Waals surface area contributed by atoms with Gasteiger partial charge in [-0.25, -0.2) is 0 Å². The Labute approximate surface area is 133 Å². The van der Waals surface area contributed by atoms with Gasteiger partial charge in [-0.05, 0) is 29.8 Å². The van der Waals surface area contributed by atoms with Crippen molar-refractivity contribution in [3.05, 3.63) is 40.8 Å². The van der Waals surface area contributed by atoms with Gasteiger partial charge in [0.05, 0.1) is 4.91 Å². The second-order valence-corrected chi connectivity index (χ2v) is 5.88. The molecular weight excluding hydrogens is 300 g/mol. The number of imide groups is 1. The maximum absolute atomic E-state index is 12.2. The van der Waals surface area contributed by atoms with E-state index in [1.807, 2.05) is 37.3 Å². The molecule has 0 saturated carbocycles. The summed E-state index contributed by atoms with van der Waals surface area (Å²) < 4.78 is 0. The van der Waals surface area contributed by atoms with Crippen molar-refractivity contribution in [2.24, 2.45) is 0 Å². The molecule has 6 heteroatoms. The third-order valence-corrected chi connectivity index (χ3v) is 4.03. The van der Waals surface area contributed by atoms with Crippen LogP contribution in [0.1, 0.15) is 25.3 Å². The van der Waals surface area contributed by atoms with Crippen molar-refractivity contribution in [3.8, 4) is 0 Å². The van der Waals surface area contributed by atoms with Gasteiger partial charge in [0.15, 0.2) is 0 Å². The molecule has 0 atom stereocenters. The molecule has 0 unspecified atom stereocenters. The van der Waals surface area contributed by atoms with Crippen LogP contribution in [0.2, 0.25) is 0 Å². The molecule has 1 aromatic rings. The van der Waals surface area contributed by atoms with E-state index in [0.717, 1.165) is 35.1 Å². The fraction of sp³-hybridized carbons (Fsp3) is 0.312. The van der Waals surface area contributed by atoms with Gasteiger partial charge in [-0.1, -0.05) is 43.7 Å². The van der Waals surface area contributed by atoms with Crippen molar-refractivity contribution >= 4 is 34.9 Å². The van der Waals surface area contributed by atoms with E-state index >= 15 is 0 Å². The van der Waals surface area contributed by atoms with Crippen LogP contribution in [0.3, 0.4) is 0 Å². The molecule has 1 N–H and O–H groups in total. The van der Waals surface area contributed by atoms with Crippen LogP contribution in [0.25, 0.3) is 6.08 Å². The van der Waals surface area contributed by atoms with Crippen LogP contribution in [0.5, 0.6) is 0 Å². The fourth-order valence-electron chi connectivity index (χ4n) is 1.94. The lowest BCUT2D eigenvalue weighted by Gasteiger charge is -2.12. The highest BCUT2D eigenvalue weighted by Crippen LogP contribution is 2.31. The van der Waals surface area contributed by atoms with E-state index in [4.69, 9.17) is 0 Å². The second kappa shape index (κ2) is 7.79. The van der Waals surface area contributed by atoms with Crippen molar-refractivity contribution in [3.63, 3.8) is 0 Å². The molecule has 0 aliphatic carbocycles. The highest BCUT2D eigenvalue weighted by Gasteiger charge is 2.36. The number of carbonyl (C=O) groups is 3. The monoisotopic (exact) mass is 318 g/mol. The lowest BCUT2D eigenvalue weighted by molar-refractivity contribution is -0.129. The maximum atomic E-state index is 12.2. The molecule has 0 spiro atoms. The molecule has 1 fully saturated rings. The molecule has 1 aliphatic heterocycles. The first-order valence-corrected chi connectivity index (χ1v) is 8.00. The average molecular weight is 318 g/mol. The quantitative estimate of drug-likeness (QED) is 0.647. The number of nitrogens with one attached hydrogen (secondary N) is 1. The molecule has 0 bridgehead atoms. The summed E-state index contributed by atoms with van der Waals surface area (Å²) in [7, 11) is 0. The summed E-state index contributed by atoms with van der Waals surface area (Å²) in [5.41, 5.74) is 0.848. The number of rotatable bonds is 6. The Kier molecular flexibility index (Phi) is 5.77. The van der Waals surface area contributed by atoms with E-state index in [0.29, 0.717) is 11.4 Å². The van der Waals surface area contributed by atoms with E-state index in [-0.39, 0.29) is 12.5 Å². The lowest BCUT2D eigenvalue weighted by Crippen LogP contribution is -2.39. The largest absolute Gasteiger partial charge is 0.355 e. The molecular formula is C16H18N2O3S. The van der Waals surface area contributed by atoms with Gasteiger partial charge in [-0.3, -0.25) is 19.3 Å². The normalized spacial score (nSPS) is 16.4. The molecule has 0 radical (unpaired) electrons. The Morgan fingerprint density at radius 2 is 2.00 bits per heavy atom. The summed E-state index contributed by atoms with van der Waals surface area (Å²) in [6.07, 6.45) is 3.52. The number of hydrogen-bond donors (Lipinski definition) is 1. The van der Waals surface area contributed by atoms with Crippen LogP contribution < -0.4 is 5.32 Å². The molecule has 1 heterocycles. The highest BCUT2D eigenvalue weighted by molar-refractivity contribution is 8.18. The predicted octanol–water partition coefficient (Wildman–Crippen LogP) is 2.64. The number of nitrogens with zero attached hydrogens (tertiary/aromatic N) is 1. The molecule has 22 heavy (non-hydrogen) atoms. The zero-order valence-electron chi connectivity index (χ0n) is 12.4. The van der Waals surface area contributed by atoms with Gasteiger partial charge in [0.25, 0.3) is 11.1 Å². The summed E-state index contributed by atoms with van der Waals surface area (Å²) in [5.74, 6) is -0.721. The number of unbranched alkanes of at least 4 members (excludes halogenated alkanes) is 1. The zero-order valence-corrected chi connectivity index (χ0v) is 13.2. The van der Waals surface area contributed by atoms with Crippen LogP contribution >= 0.6 is 11.8 Å². The minimum absolute atomic E-state index is 0.222. The summed E-state index contributed by atoms with van der Waals surface area (Å²) in [6.45, 7) is 2.36. The minimum atomic E-state index is -0.413. The Morgan fingerprint density at radius 3 is 2.68 bits per heavy atom. The van der Waals surface area contributed by atoms with E-state index < -0.39 is 11.1 Å². The van der Waals surface area contributed by atoms with E-state index in [2.05, 4.69) is 5.32 Å². The smallest absolute Gasteiger partial charge is 0.294 e. The molecule has 3 amide bonds. The molecule has 2 rings (SSSR count). The molecule has 5 nitrogen and oxygen atoms in total.